The van der Waals surface area contributed by atoms with Crippen molar-refractivity contribution in [3.63, 3.8) is 0 Å². The van der Waals surface area contributed by atoms with E-state index in [9.17, 15) is 4.39 Å². The molecule has 2 aromatic heterocycles. The van der Waals surface area contributed by atoms with Crippen LogP contribution in [-0.2, 0) is 7.05 Å². The second-order valence-electron chi connectivity index (χ2n) is 2.68. The van der Waals surface area contributed by atoms with Crippen LogP contribution in [-0.4, -0.2) is 4.40 Å². The zero-order valence-corrected chi connectivity index (χ0v) is 7.22. The van der Waals surface area contributed by atoms with Gasteiger partial charge in [-0.05, 0) is 6.07 Å². The summed E-state index contributed by atoms with van der Waals surface area (Å²) in [5, 5.41) is 0.154. The summed E-state index contributed by atoms with van der Waals surface area (Å²) in [6, 6.07) is 1.53. The third-order valence-corrected chi connectivity index (χ3v) is 2.02. The first-order valence-corrected chi connectivity index (χ1v) is 3.87. The fraction of sp³-hybridized carbons (Fsp3) is 0.125. The lowest BCUT2D eigenvalue weighted by molar-refractivity contribution is -0.670. The van der Waals surface area contributed by atoms with Gasteiger partial charge in [-0.3, -0.25) is 0 Å². The van der Waals surface area contributed by atoms with Gasteiger partial charge in [0.2, 0.25) is 11.8 Å². The highest BCUT2D eigenvalue weighted by Gasteiger charge is 2.11. The van der Waals surface area contributed by atoms with E-state index in [1.165, 1.54) is 6.07 Å². The average Bonchev–Trinajstić information content (AvgIpc) is 2.39. The van der Waals surface area contributed by atoms with Crippen molar-refractivity contribution in [1.82, 2.24) is 4.40 Å². The number of imidazole rings is 1. The molecule has 0 aliphatic heterocycles. The molecule has 62 valence electrons. The Bertz CT molecular complexity index is 436. The number of aromatic nitrogens is 2. The standard InChI is InChI=1S/C8H7ClFN2/c1-11-4-7-8(10)6(9)2-3-12(7)5-11/h2-5H,1H3/q+1. The molecule has 2 heterocycles. The van der Waals surface area contributed by atoms with E-state index in [-0.39, 0.29) is 10.8 Å². The molecular weight excluding hydrogens is 179 g/mol. The molecule has 0 spiro atoms. The summed E-state index contributed by atoms with van der Waals surface area (Å²) < 4.78 is 16.7. The first-order chi connectivity index (χ1) is 5.68. The zero-order chi connectivity index (χ0) is 8.72. The number of fused-ring (bicyclic) bond motifs is 1. The maximum absolute atomic E-state index is 13.2. The molecule has 0 aliphatic carbocycles. The van der Waals surface area contributed by atoms with E-state index in [1.807, 2.05) is 7.05 Å². The summed E-state index contributed by atoms with van der Waals surface area (Å²) in [6.45, 7) is 0. The van der Waals surface area contributed by atoms with E-state index in [2.05, 4.69) is 0 Å². The van der Waals surface area contributed by atoms with Crippen LogP contribution in [0.15, 0.2) is 24.8 Å². The summed E-state index contributed by atoms with van der Waals surface area (Å²) in [7, 11) is 1.83. The van der Waals surface area contributed by atoms with Crippen LogP contribution >= 0.6 is 11.6 Å². The Balaban J connectivity index is 2.89. The number of halogens is 2. The van der Waals surface area contributed by atoms with Gasteiger partial charge in [-0.2, -0.15) is 4.40 Å². The maximum Gasteiger partial charge on any atom is 0.248 e. The summed E-state index contributed by atoms with van der Waals surface area (Å²) in [4.78, 5) is 0. The minimum Gasteiger partial charge on any atom is -0.238 e. The molecule has 12 heavy (non-hydrogen) atoms. The van der Waals surface area contributed by atoms with Crippen molar-refractivity contribution < 1.29 is 8.96 Å². The Morgan fingerprint density at radius 2 is 2.33 bits per heavy atom. The minimum absolute atomic E-state index is 0.154. The zero-order valence-electron chi connectivity index (χ0n) is 6.46. The van der Waals surface area contributed by atoms with Crippen LogP contribution in [0.25, 0.3) is 5.52 Å². The van der Waals surface area contributed by atoms with Gasteiger partial charge in [0.25, 0.3) is 0 Å². The summed E-state index contributed by atoms with van der Waals surface area (Å²) >= 11 is 5.60. The van der Waals surface area contributed by atoms with Crippen LogP contribution in [0, 0.1) is 5.82 Å². The molecule has 2 aromatic rings. The second-order valence-corrected chi connectivity index (χ2v) is 3.09. The van der Waals surface area contributed by atoms with Crippen molar-refractivity contribution in [2.75, 3.05) is 0 Å². The van der Waals surface area contributed by atoms with Gasteiger partial charge in [0.15, 0.2) is 5.82 Å². The fourth-order valence-corrected chi connectivity index (χ4v) is 1.33. The molecule has 0 amide bonds. The number of hydrogen-bond acceptors (Lipinski definition) is 0. The molecule has 0 aromatic carbocycles. The Hall–Kier alpha value is -1.09. The van der Waals surface area contributed by atoms with E-state index in [0.29, 0.717) is 5.52 Å². The first kappa shape index (κ1) is 7.55. The quantitative estimate of drug-likeness (QED) is 0.551. The van der Waals surface area contributed by atoms with Gasteiger partial charge in [-0.25, -0.2) is 8.96 Å². The molecule has 2 rings (SSSR count). The Labute approximate surface area is 73.8 Å². The third kappa shape index (κ3) is 0.975. The van der Waals surface area contributed by atoms with Crippen molar-refractivity contribution in [3.8, 4) is 0 Å². The number of hydrogen-bond donors (Lipinski definition) is 0. The molecular formula is C8H7ClFN2+. The SMILES string of the molecule is C[n+]1cc2c(F)c(Cl)ccn2c1. The van der Waals surface area contributed by atoms with Gasteiger partial charge in [0.1, 0.15) is 6.20 Å². The number of pyridine rings is 1. The highest BCUT2D eigenvalue weighted by atomic mass is 35.5. The molecule has 0 fully saturated rings. The van der Waals surface area contributed by atoms with Gasteiger partial charge in [-0.15, -0.1) is 0 Å². The topological polar surface area (TPSA) is 8.29 Å². The van der Waals surface area contributed by atoms with Crippen molar-refractivity contribution in [2.24, 2.45) is 7.05 Å². The molecule has 0 radical (unpaired) electrons. The molecule has 0 bridgehead atoms. The minimum atomic E-state index is -0.375. The molecule has 2 nitrogen and oxygen atoms in total. The van der Waals surface area contributed by atoms with Crippen molar-refractivity contribution >= 4 is 17.1 Å². The smallest absolute Gasteiger partial charge is 0.238 e. The Morgan fingerprint density at radius 3 is 3.08 bits per heavy atom. The Kier molecular flexibility index (Phi) is 1.54. The largest absolute Gasteiger partial charge is 0.248 e. The predicted molar refractivity (Wildman–Crippen MR) is 43.5 cm³/mol. The first-order valence-electron chi connectivity index (χ1n) is 3.49. The van der Waals surface area contributed by atoms with E-state index in [0.717, 1.165) is 0 Å². The molecule has 0 unspecified atom stereocenters. The average molecular weight is 186 g/mol. The third-order valence-electron chi connectivity index (χ3n) is 1.73. The lowest BCUT2D eigenvalue weighted by atomic mass is 10.4. The van der Waals surface area contributed by atoms with Gasteiger partial charge >= 0.3 is 0 Å². The van der Waals surface area contributed by atoms with Crippen LogP contribution in [0.3, 0.4) is 0 Å². The van der Waals surface area contributed by atoms with E-state index in [4.69, 9.17) is 11.6 Å². The van der Waals surface area contributed by atoms with Crippen molar-refractivity contribution in [1.29, 1.82) is 0 Å². The van der Waals surface area contributed by atoms with Gasteiger partial charge < -0.3 is 0 Å². The monoisotopic (exact) mass is 185 g/mol. The van der Waals surface area contributed by atoms with Crippen LogP contribution in [0.5, 0.6) is 0 Å². The van der Waals surface area contributed by atoms with Crippen molar-refractivity contribution in [2.45, 2.75) is 0 Å². The van der Waals surface area contributed by atoms with Gasteiger partial charge in [-0.1, -0.05) is 11.6 Å². The summed E-state index contributed by atoms with van der Waals surface area (Å²) in [5.74, 6) is -0.375. The van der Waals surface area contributed by atoms with Crippen molar-refractivity contribution in [3.05, 3.63) is 35.6 Å². The van der Waals surface area contributed by atoms with Gasteiger partial charge in [0, 0.05) is 0 Å². The van der Waals surface area contributed by atoms with Crippen LogP contribution < -0.4 is 4.57 Å². The molecule has 0 atom stereocenters. The lowest BCUT2D eigenvalue weighted by Gasteiger charge is -1.90. The molecule has 0 saturated carbocycles. The van der Waals surface area contributed by atoms with Gasteiger partial charge in [0.05, 0.1) is 18.3 Å². The lowest BCUT2D eigenvalue weighted by Crippen LogP contribution is -2.23. The fourth-order valence-electron chi connectivity index (χ4n) is 1.18. The highest BCUT2D eigenvalue weighted by Crippen LogP contribution is 2.17. The van der Waals surface area contributed by atoms with E-state index in [1.54, 1.807) is 27.7 Å². The molecule has 0 N–H and O–H groups in total. The second kappa shape index (κ2) is 2.45. The number of aryl methyl sites for hydroxylation is 1. The maximum atomic E-state index is 13.2. The summed E-state index contributed by atoms with van der Waals surface area (Å²) in [5.41, 5.74) is 0.491. The molecule has 0 saturated heterocycles. The van der Waals surface area contributed by atoms with Crippen LogP contribution in [0.1, 0.15) is 0 Å². The van der Waals surface area contributed by atoms with Crippen LogP contribution in [0.4, 0.5) is 4.39 Å². The molecule has 4 heteroatoms. The normalized spacial score (nSPS) is 10.9. The van der Waals surface area contributed by atoms with E-state index < -0.39 is 0 Å². The predicted octanol–water partition coefficient (Wildman–Crippen LogP) is 1.56. The Morgan fingerprint density at radius 1 is 1.58 bits per heavy atom. The summed E-state index contributed by atoms with van der Waals surface area (Å²) in [6.07, 6.45) is 5.18. The number of rotatable bonds is 0. The molecule has 0 aliphatic rings. The van der Waals surface area contributed by atoms with Crippen LogP contribution in [0.2, 0.25) is 5.02 Å². The highest BCUT2D eigenvalue weighted by molar-refractivity contribution is 6.31. The number of nitrogens with zero attached hydrogens (tertiary/aromatic N) is 2. The van der Waals surface area contributed by atoms with E-state index >= 15 is 0 Å².